The number of esters is 1. The lowest BCUT2D eigenvalue weighted by atomic mass is 10.2. The molecule has 0 saturated heterocycles. The van der Waals surface area contributed by atoms with Crippen LogP contribution in [0.5, 0.6) is 0 Å². The first-order valence-electron chi connectivity index (χ1n) is 5.83. The van der Waals surface area contributed by atoms with Crippen LogP contribution in [0, 0.1) is 11.3 Å². The molecule has 1 aromatic rings. The van der Waals surface area contributed by atoms with Gasteiger partial charge in [-0.2, -0.15) is 5.26 Å². The first-order valence-corrected chi connectivity index (χ1v) is 5.83. The molecule has 0 aliphatic rings. The van der Waals surface area contributed by atoms with Crippen LogP contribution in [0.4, 0.5) is 5.82 Å². The van der Waals surface area contributed by atoms with Crippen LogP contribution in [0.3, 0.4) is 0 Å². The van der Waals surface area contributed by atoms with Gasteiger partial charge in [-0.05, 0) is 26.0 Å². The number of aromatic nitrogens is 1. The molecule has 0 amide bonds. The summed E-state index contributed by atoms with van der Waals surface area (Å²) < 4.78 is 4.88. The van der Waals surface area contributed by atoms with E-state index in [1.54, 1.807) is 19.1 Å². The van der Waals surface area contributed by atoms with E-state index >= 15 is 0 Å². The molecule has 5 heteroatoms. The monoisotopic (exact) mass is 247 g/mol. The minimum absolute atomic E-state index is 0.0796. The van der Waals surface area contributed by atoms with Crippen LogP contribution in [-0.2, 0) is 4.74 Å². The van der Waals surface area contributed by atoms with Crippen LogP contribution in [0.15, 0.2) is 18.3 Å². The van der Waals surface area contributed by atoms with Crippen molar-refractivity contribution in [2.75, 3.05) is 18.6 Å². The van der Waals surface area contributed by atoms with Gasteiger partial charge in [0.15, 0.2) is 0 Å². The number of carbonyl (C=O) groups is 1. The van der Waals surface area contributed by atoms with Gasteiger partial charge < -0.3 is 9.64 Å². The van der Waals surface area contributed by atoms with Crippen molar-refractivity contribution in [2.45, 2.75) is 26.3 Å². The third-order valence-corrected chi connectivity index (χ3v) is 2.67. The molecule has 0 aliphatic carbocycles. The quantitative estimate of drug-likeness (QED) is 0.744. The molecule has 0 aromatic carbocycles. The van der Waals surface area contributed by atoms with E-state index in [9.17, 15) is 4.79 Å². The number of rotatable bonds is 5. The standard InChI is InChI=1S/C13H17N3O2/c1-4-18-13(17)11-5-6-12(15-9-11)16(3)10(2)7-8-14/h5-6,9-10H,4,7H2,1-3H3. The molecule has 5 nitrogen and oxygen atoms in total. The molecule has 0 spiro atoms. The van der Waals surface area contributed by atoms with Gasteiger partial charge in [0.05, 0.1) is 24.7 Å². The van der Waals surface area contributed by atoms with Crippen LogP contribution in [0.25, 0.3) is 0 Å². The number of hydrogen-bond acceptors (Lipinski definition) is 5. The third-order valence-electron chi connectivity index (χ3n) is 2.67. The number of ether oxygens (including phenoxy) is 1. The van der Waals surface area contributed by atoms with Gasteiger partial charge in [-0.15, -0.1) is 0 Å². The summed E-state index contributed by atoms with van der Waals surface area (Å²) in [4.78, 5) is 17.5. The largest absolute Gasteiger partial charge is 0.462 e. The van der Waals surface area contributed by atoms with E-state index in [-0.39, 0.29) is 12.0 Å². The van der Waals surface area contributed by atoms with Gasteiger partial charge in [0.25, 0.3) is 0 Å². The Balaban J connectivity index is 2.76. The second-order valence-electron chi connectivity index (χ2n) is 3.95. The Morgan fingerprint density at radius 2 is 2.33 bits per heavy atom. The van der Waals surface area contributed by atoms with Gasteiger partial charge in [0.2, 0.25) is 0 Å². The molecule has 0 radical (unpaired) electrons. The molecule has 18 heavy (non-hydrogen) atoms. The molecule has 1 rings (SSSR count). The summed E-state index contributed by atoms with van der Waals surface area (Å²) in [5.74, 6) is 0.357. The average Bonchev–Trinajstić information content (AvgIpc) is 2.38. The lowest BCUT2D eigenvalue weighted by Crippen LogP contribution is -2.29. The van der Waals surface area contributed by atoms with Gasteiger partial charge in [0.1, 0.15) is 5.82 Å². The summed E-state index contributed by atoms with van der Waals surface area (Å²) >= 11 is 0. The van der Waals surface area contributed by atoms with E-state index in [1.165, 1.54) is 6.20 Å². The van der Waals surface area contributed by atoms with E-state index in [0.29, 0.717) is 18.6 Å². The van der Waals surface area contributed by atoms with Crippen LogP contribution in [0.2, 0.25) is 0 Å². The summed E-state index contributed by atoms with van der Waals surface area (Å²) in [6, 6.07) is 5.63. The van der Waals surface area contributed by atoms with Crippen molar-refractivity contribution in [3.05, 3.63) is 23.9 Å². The van der Waals surface area contributed by atoms with Crippen molar-refractivity contribution in [3.8, 4) is 6.07 Å². The normalized spacial score (nSPS) is 11.4. The highest BCUT2D eigenvalue weighted by molar-refractivity contribution is 5.89. The van der Waals surface area contributed by atoms with Crippen molar-refractivity contribution in [1.29, 1.82) is 5.26 Å². The molecular weight excluding hydrogens is 230 g/mol. The highest BCUT2D eigenvalue weighted by Crippen LogP contribution is 2.14. The second-order valence-corrected chi connectivity index (χ2v) is 3.95. The number of nitriles is 1. The van der Waals surface area contributed by atoms with Crippen LogP contribution in [0.1, 0.15) is 30.6 Å². The first-order chi connectivity index (χ1) is 8.60. The molecule has 1 unspecified atom stereocenters. The van der Waals surface area contributed by atoms with Gasteiger partial charge in [-0.1, -0.05) is 0 Å². The molecule has 0 fully saturated rings. The maximum absolute atomic E-state index is 11.4. The van der Waals surface area contributed by atoms with Crippen molar-refractivity contribution < 1.29 is 9.53 Å². The number of nitrogens with zero attached hydrogens (tertiary/aromatic N) is 3. The smallest absolute Gasteiger partial charge is 0.339 e. The molecular formula is C13H17N3O2. The fraction of sp³-hybridized carbons (Fsp3) is 0.462. The molecule has 1 heterocycles. The Morgan fingerprint density at radius 3 is 2.83 bits per heavy atom. The van der Waals surface area contributed by atoms with Gasteiger partial charge in [-0.25, -0.2) is 9.78 Å². The first kappa shape index (κ1) is 14.0. The highest BCUT2D eigenvalue weighted by atomic mass is 16.5. The number of pyridine rings is 1. The Morgan fingerprint density at radius 1 is 1.61 bits per heavy atom. The van der Waals surface area contributed by atoms with Gasteiger partial charge in [-0.3, -0.25) is 0 Å². The summed E-state index contributed by atoms with van der Waals surface area (Å²) in [6.07, 6.45) is 1.92. The fourth-order valence-electron chi connectivity index (χ4n) is 1.42. The number of hydrogen-bond donors (Lipinski definition) is 0. The summed E-state index contributed by atoms with van der Waals surface area (Å²) in [5.41, 5.74) is 0.432. The Bertz CT molecular complexity index is 437. The van der Waals surface area contributed by atoms with E-state index in [1.807, 2.05) is 18.9 Å². The predicted octanol–water partition coefficient (Wildman–Crippen LogP) is 2.00. The lowest BCUT2D eigenvalue weighted by Gasteiger charge is -2.23. The number of carbonyl (C=O) groups excluding carboxylic acids is 1. The van der Waals surface area contributed by atoms with Crippen molar-refractivity contribution in [1.82, 2.24) is 4.98 Å². The van der Waals surface area contributed by atoms with Gasteiger partial charge >= 0.3 is 5.97 Å². The zero-order chi connectivity index (χ0) is 13.5. The van der Waals surface area contributed by atoms with E-state index < -0.39 is 0 Å². The molecule has 0 aliphatic heterocycles. The van der Waals surface area contributed by atoms with Crippen molar-refractivity contribution in [2.24, 2.45) is 0 Å². The molecule has 1 aromatic heterocycles. The van der Waals surface area contributed by atoms with Crippen LogP contribution >= 0.6 is 0 Å². The topological polar surface area (TPSA) is 66.2 Å². The van der Waals surface area contributed by atoms with E-state index in [4.69, 9.17) is 10.00 Å². The Kier molecular flexibility index (Phi) is 5.12. The zero-order valence-corrected chi connectivity index (χ0v) is 10.9. The Hall–Kier alpha value is -2.09. The van der Waals surface area contributed by atoms with Crippen molar-refractivity contribution in [3.63, 3.8) is 0 Å². The highest BCUT2D eigenvalue weighted by Gasteiger charge is 2.12. The lowest BCUT2D eigenvalue weighted by molar-refractivity contribution is 0.0526. The molecule has 1 atom stereocenters. The second kappa shape index (κ2) is 6.60. The minimum atomic E-state index is -0.371. The summed E-state index contributed by atoms with van der Waals surface area (Å²) in [7, 11) is 1.87. The predicted molar refractivity (Wildman–Crippen MR) is 68.3 cm³/mol. The maximum atomic E-state index is 11.4. The molecule has 0 N–H and O–H groups in total. The zero-order valence-electron chi connectivity index (χ0n) is 10.9. The third kappa shape index (κ3) is 3.45. The SMILES string of the molecule is CCOC(=O)c1ccc(N(C)C(C)CC#N)nc1. The van der Waals surface area contributed by atoms with E-state index in [2.05, 4.69) is 11.1 Å². The molecule has 96 valence electrons. The Labute approximate surface area is 107 Å². The van der Waals surface area contributed by atoms with Gasteiger partial charge in [0, 0.05) is 19.3 Å². The van der Waals surface area contributed by atoms with E-state index in [0.717, 1.165) is 5.82 Å². The molecule has 0 saturated carbocycles. The van der Waals surface area contributed by atoms with Crippen LogP contribution < -0.4 is 4.90 Å². The summed E-state index contributed by atoms with van der Waals surface area (Å²) in [5, 5.41) is 8.65. The average molecular weight is 247 g/mol. The van der Waals surface area contributed by atoms with Crippen LogP contribution in [-0.4, -0.2) is 30.6 Å². The van der Waals surface area contributed by atoms with Crippen molar-refractivity contribution >= 4 is 11.8 Å². The summed E-state index contributed by atoms with van der Waals surface area (Å²) in [6.45, 7) is 4.06. The number of anilines is 1. The minimum Gasteiger partial charge on any atom is -0.462 e. The maximum Gasteiger partial charge on any atom is 0.339 e. The fourth-order valence-corrected chi connectivity index (χ4v) is 1.42. The molecule has 0 bridgehead atoms.